The number of rotatable bonds is 1. The van der Waals surface area contributed by atoms with Gasteiger partial charge < -0.3 is 5.73 Å². The molecule has 0 unspecified atom stereocenters. The maximum absolute atomic E-state index is 5.75. The average molecular weight is 210 g/mol. The molecule has 2 aromatic heterocycles. The highest BCUT2D eigenvalue weighted by Crippen LogP contribution is 2.17. The fourth-order valence-electron chi connectivity index (χ4n) is 1.71. The van der Waals surface area contributed by atoms with Crippen molar-refractivity contribution in [3.05, 3.63) is 48.9 Å². The van der Waals surface area contributed by atoms with Crippen molar-refractivity contribution in [2.24, 2.45) is 0 Å². The van der Waals surface area contributed by atoms with E-state index in [2.05, 4.69) is 9.97 Å². The van der Waals surface area contributed by atoms with E-state index >= 15 is 0 Å². The van der Waals surface area contributed by atoms with Gasteiger partial charge in [-0.1, -0.05) is 6.07 Å². The summed E-state index contributed by atoms with van der Waals surface area (Å²) in [5.74, 6) is 0. The van der Waals surface area contributed by atoms with Gasteiger partial charge >= 0.3 is 0 Å². The van der Waals surface area contributed by atoms with E-state index in [-0.39, 0.29) is 0 Å². The minimum atomic E-state index is 0.732. The summed E-state index contributed by atoms with van der Waals surface area (Å²) >= 11 is 0. The second-order valence-electron chi connectivity index (χ2n) is 3.56. The van der Waals surface area contributed by atoms with Crippen LogP contribution in [0.2, 0.25) is 0 Å². The van der Waals surface area contributed by atoms with Crippen LogP contribution in [-0.2, 0) is 0 Å². The molecular formula is C12H10N4. The van der Waals surface area contributed by atoms with Gasteiger partial charge in [-0.3, -0.25) is 4.57 Å². The van der Waals surface area contributed by atoms with Gasteiger partial charge in [0.1, 0.15) is 11.8 Å². The monoisotopic (exact) mass is 210 g/mol. The van der Waals surface area contributed by atoms with Crippen LogP contribution in [0, 0.1) is 0 Å². The minimum absolute atomic E-state index is 0.732. The Bertz CT molecular complexity index is 642. The van der Waals surface area contributed by atoms with E-state index in [1.54, 1.807) is 12.5 Å². The lowest BCUT2D eigenvalue weighted by atomic mass is 10.3. The molecule has 0 aliphatic rings. The Labute approximate surface area is 92.4 Å². The van der Waals surface area contributed by atoms with Gasteiger partial charge in [-0.25, -0.2) is 9.97 Å². The summed E-state index contributed by atoms with van der Waals surface area (Å²) in [5, 5.41) is 0. The van der Waals surface area contributed by atoms with E-state index < -0.39 is 0 Å². The Balaban J connectivity index is 2.26. The highest BCUT2D eigenvalue weighted by molar-refractivity contribution is 5.72. The molecule has 78 valence electrons. The summed E-state index contributed by atoms with van der Waals surface area (Å²) in [6, 6.07) is 11.5. The highest BCUT2D eigenvalue weighted by atomic mass is 15.1. The molecule has 0 amide bonds. The number of pyridine rings is 1. The summed E-state index contributed by atoms with van der Waals surface area (Å²) < 4.78 is 1.92. The van der Waals surface area contributed by atoms with Gasteiger partial charge in [-0.2, -0.15) is 0 Å². The molecule has 16 heavy (non-hydrogen) atoms. The van der Waals surface area contributed by atoms with Gasteiger partial charge in [0.15, 0.2) is 5.65 Å². The number of imidazole rings is 1. The van der Waals surface area contributed by atoms with Crippen molar-refractivity contribution in [2.75, 3.05) is 5.73 Å². The molecular weight excluding hydrogens is 200 g/mol. The van der Waals surface area contributed by atoms with Crippen molar-refractivity contribution in [1.29, 1.82) is 0 Å². The zero-order valence-corrected chi connectivity index (χ0v) is 8.54. The molecule has 0 spiro atoms. The molecule has 0 radical (unpaired) electrons. The van der Waals surface area contributed by atoms with Gasteiger partial charge in [-0.05, 0) is 30.3 Å². The zero-order valence-electron chi connectivity index (χ0n) is 8.54. The Morgan fingerprint density at radius 1 is 1.06 bits per heavy atom. The van der Waals surface area contributed by atoms with Crippen molar-refractivity contribution in [3.8, 4) is 5.69 Å². The Kier molecular flexibility index (Phi) is 1.86. The summed E-state index contributed by atoms with van der Waals surface area (Å²) in [4.78, 5) is 8.59. The van der Waals surface area contributed by atoms with Crippen LogP contribution < -0.4 is 5.73 Å². The number of fused-ring (bicyclic) bond motifs is 1. The molecule has 0 fully saturated rings. The van der Waals surface area contributed by atoms with E-state index in [9.17, 15) is 0 Å². The summed E-state index contributed by atoms with van der Waals surface area (Å²) in [6.07, 6.45) is 3.51. The predicted octanol–water partition coefficient (Wildman–Crippen LogP) is 2.00. The standard InChI is InChI=1S/C12H10N4/c13-9-3-1-4-10(7-9)16-8-15-11-5-2-6-14-12(11)16/h1-8H,13H2. The van der Waals surface area contributed by atoms with E-state index in [1.165, 1.54) is 0 Å². The normalized spacial score (nSPS) is 10.8. The van der Waals surface area contributed by atoms with Gasteiger partial charge in [0.25, 0.3) is 0 Å². The number of hydrogen-bond acceptors (Lipinski definition) is 3. The van der Waals surface area contributed by atoms with Crippen LogP contribution in [0.5, 0.6) is 0 Å². The molecule has 3 rings (SSSR count). The average Bonchev–Trinajstić information content (AvgIpc) is 2.72. The van der Waals surface area contributed by atoms with Gasteiger partial charge in [0, 0.05) is 11.9 Å². The number of nitrogens with zero attached hydrogens (tertiary/aromatic N) is 3. The molecule has 0 saturated carbocycles. The molecule has 0 bridgehead atoms. The van der Waals surface area contributed by atoms with E-state index in [4.69, 9.17) is 5.73 Å². The van der Waals surface area contributed by atoms with E-state index in [1.807, 2.05) is 41.0 Å². The van der Waals surface area contributed by atoms with Crippen molar-refractivity contribution in [3.63, 3.8) is 0 Å². The van der Waals surface area contributed by atoms with Gasteiger partial charge in [0.05, 0.1) is 5.69 Å². The molecule has 2 N–H and O–H groups in total. The summed E-state index contributed by atoms with van der Waals surface area (Å²) in [5.41, 5.74) is 9.18. The Morgan fingerprint density at radius 3 is 2.88 bits per heavy atom. The number of aromatic nitrogens is 3. The second-order valence-corrected chi connectivity index (χ2v) is 3.56. The third kappa shape index (κ3) is 1.32. The quantitative estimate of drug-likeness (QED) is 0.625. The Hall–Kier alpha value is -2.36. The second kappa shape index (κ2) is 3.34. The molecule has 0 saturated heterocycles. The highest BCUT2D eigenvalue weighted by Gasteiger charge is 2.04. The van der Waals surface area contributed by atoms with Crippen molar-refractivity contribution < 1.29 is 0 Å². The predicted molar refractivity (Wildman–Crippen MR) is 63.3 cm³/mol. The minimum Gasteiger partial charge on any atom is -0.399 e. The maximum atomic E-state index is 5.75. The first-order chi connectivity index (χ1) is 7.84. The molecule has 1 aromatic carbocycles. The SMILES string of the molecule is Nc1cccc(-n2cnc3cccnc32)c1. The first-order valence-corrected chi connectivity index (χ1v) is 4.98. The summed E-state index contributed by atoms with van der Waals surface area (Å²) in [6.45, 7) is 0. The number of benzene rings is 1. The molecule has 0 atom stereocenters. The fourth-order valence-corrected chi connectivity index (χ4v) is 1.71. The van der Waals surface area contributed by atoms with Crippen LogP contribution in [0.25, 0.3) is 16.9 Å². The molecule has 3 aromatic rings. The number of anilines is 1. The topological polar surface area (TPSA) is 56.7 Å². The molecule has 2 heterocycles. The van der Waals surface area contributed by atoms with E-state index in [0.717, 1.165) is 22.5 Å². The fraction of sp³-hybridized carbons (Fsp3) is 0. The van der Waals surface area contributed by atoms with Crippen LogP contribution in [0.3, 0.4) is 0 Å². The van der Waals surface area contributed by atoms with E-state index in [0.29, 0.717) is 0 Å². The van der Waals surface area contributed by atoms with Crippen molar-refractivity contribution in [1.82, 2.24) is 14.5 Å². The molecule has 4 nitrogen and oxygen atoms in total. The largest absolute Gasteiger partial charge is 0.399 e. The third-order valence-corrected chi connectivity index (χ3v) is 2.45. The first kappa shape index (κ1) is 8.91. The molecule has 0 aliphatic carbocycles. The smallest absolute Gasteiger partial charge is 0.164 e. The number of nitrogen functional groups attached to an aromatic ring is 1. The first-order valence-electron chi connectivity index (χ1n) is 4.98. The van der Waals surface area contributed by atoms with Crippen molar-refractivity contribution in [2.45, 2.75) is 0 Å². The zero-order chi connectivity index (χ0) is 11.0. The summed E-state index contributed by atoms with van der Waals surface area (Å²) in [7, 11) is 0. The molecule has 4 heteroatoms. The van der Waals surface area contributed by atoms with Gasteiger partial charge in [0.2, 0.25) is 0 Å². The van der Waals surface area contributed by atoms with Crippen LogP contribution in [0.4, 0.5) is 5.69 Å². The molecule has 0 aliphatic heterocycles. The van der Waals surface area contributed by atoms with Gasteiger partial charge in [-0.15, -0.1) is 0 Å². The van der Waals surface area contributed by atoms with Crippen molar-refractivity contribution >= 4 is 16.9 Å². The Morgan fingerprint density at radius 2 is 2.00 bits per heavy atom. The lowest BCUT2D eigenvalue weighted by Crippen LogP contribution is -1.94. The lowest BCUT2D eigenvalue weighted by Gasteiger charge is -2.03. The van der Waals surface area contributed by atoms with Crippen LogP contribution in [0.15, 0.2) is 48.9 Å². The maximum Gasteiger partial charge on any atom is 0.164 e. The third-order valence-electron chi connectivity index (χ3n) is 2.45. The van der Waals surface area contributed by atoms with Crippen LogP contribution in [-0.4, -0.2) is 14.5 Å². The lowest BCUT2D eigenvalue weighted by molar-refractivity contribution is 1.07. The number of hydrogen-bond donors (Lipinski definition) is 1. The number of nitrogens with two attached hydrogens (primary N) is 1. The van der Waals surface area contributed by atoms with Crippen LogP contribution in [0.1, 0.15) is 0 Å². The van der Waals surface area contributed by atoms with Crippen LogP contribution >= 0.6 is 0 Å².